The zero-order chi connectivity index (χ0) is 20.2. The van der Waals surface area contributed by atoms with E-state index in [9.17, 15) is 10.1 Å². The van der Waals surface area contributed by atoms with E-state index < -0.39 is 0 Å². The third kappa shape index (κ3) is 4.30. The average Bonchev–Trinajstić information content (AvgIpc) is 3.26. The molecule has 6 heteroatoms. The van der Waals surface area contributed by atoms with E-state index in [0.29, 0.717) is 12.5 Å². The summed E-state index contributed by atoms with van der Waals surface area (Å²) in [6, 6.07) is 8.30. The second-order valence-electron chi connectivity index (χ2n) is 8.11. The Bertz CT molecular complexity index is 901. The molecule has 0 bridgehead atoms. The molecular formula is C23H26N4O2. The number of hydroxylamine groups is 2. The van der Waals surface area contributed by atoms with Crippen molar-refractivity contribution in [1.82, 2.24) is 15.0 Å². The van der Waals surface area contributed by atoms with Crippen LogP contribution in [0.1, 0.15) is 60.5 Å². The maximum Gasteiger partial charge on any atom is 0.249 e. The van der Waals surface area contributed by atoms with Crippen molar-refractivity contribution in [3.05, 3.63) is 59.2 Å². The summed E-state index contributed by atoms with van der Waals surface area (Å²) in [7, 11) is 0. The average molecular weight is 390 g/mol. The molecule has 150 valence electrons. The predicted octanol–water partition coefficient (Wildman–Crippen LogP) is 3.91. The Balaban J connectivity index is 1.34. The molecule has 1 atom stereocenters. The van der Waals surface area contributed by atoms with Crippen LogP contribution in [0.3, 0.4) is 0 Å². The quantitative estimate of drug-likeness (QED) is 0.791. The monoisotopic (exact) mass is 390 g/mol. The molecule has 1 saturated heterocycles. The van der Waals surface area contributed by atoms with E-state index in [1.165, 1.54) is 5.56 Å². The molecule has 29 heavy (non-hydrogen) atoms. The second-order valence-corrected chi connectivity index (χ2v) is 8.11. The topological polar surface area (TPSA) is 79.1 Å². The van der Waals surface area contributed by atoms with Gasteiger partial charge in [-0.15, -0.1) is 0 Å². The molecular weight excluding hydrogens is 364 g/mol. The van der Waals surface area contributed by atoms with E-state index in [-0.39, 0.29) is 17.9 Å². The Labute approximate surface area is 171 Å². The van der Waals surface area contributed by atoms with Crippen LogP contribution in [-0.4, -0.2) is 27.5 Å². The fourth-order valence-electron chi connectivity index (χ4n) is 4.48. The molecule has 1 aliphatic heterocycles. The maximum atomic E-state index is 13.1. The molecule has 2 aliphatic rings. The third-order valence-electron chi connectivity index (χ3n) is 6.19. The van der Waals surface area contributed by atoms with Crippen molar-refractivity contribution in [3.8, 4) is 6.07 Å². The Morgan fingerprint density at radius 1 is 1.24 bits per heavy atom. The van der Waals surface area contributed by atoms with Crippen LogP contribution >= 0.6 is 0 Å². The van der Waals surface area contributed by atoms with E-state index in [1.807, 2.05) is 19.1 Å². The van der Waals surface area contributed by atoms with Crippen LogP contribution < -0.4 is 0 Å². The van der Waals surface area contributed by atoms with Gasteiger partial charge >= 0.3 is 0 Å². The van der Waals surface area contributed by atoms with E-state index in [0.717, 1.165) is 55.3 Å². The number of carbonyl (C=O) groups is 1. The third-order valence-corrected chi connectivity index (χ3v) is 6.19. The van der Waals surface area contributed by atoms with Gasteiger partial charge in [-0.05, 0) is 62.1 Å². The molecule has 2 heterocycles. The molecule has 0 unspecified atom stereocenters. The fourth-order valence-corrected chi connectivity index (χ4v) is 4.48. The highest BCUT2D eigenvalue weighted by molar-refractivity contribution is 5.78. The van der Waals surface area contributed by atoms with Crippen molar-refractivity contribution in [2.45, 2.75) is 51.5 Å². The summed E-state index contributed by atoms with van der Waals surface area (Å²) in [5.41, 5.74) is 3.79. The summed E-state index contributed by atoms with van der Waals surface area (Å²) in [6.45, 7) is 2.50. The second kappa shape index (κ2) is 8.71. The molecule has 1 aromatic carbocycles. The predicted molar refractivity (Wildman–Crippen MR) is 107 cm³/mol. The Morgan fingerprint density at radius 3 is 2.79 bits per heavy atom. The molecule has 1 aromatic heterocycles. The van der Waals surface area contributed by atoms with E-state index >= 15 is 0 Å². The number of nitrogens with zero attached hydrogens (tertiary/aromatic N) is 4. The van der Waals surface area contributed by atoms with Crippen molar-refractivity contribution >= 4 is 5.91 Å². The minimum Gasteiger partial charge on any atom is -0.272 e. The van der Waals surface area contributed by atoms with Gasteiger partial charge in [0.25, 0.3) is 0 Å². The van der Waals surface area contributed by atoms with Gasteiger partial charge in [0.15, 0.2) is 0 Å². The van der Waals surface area contributed by atoms with E-state index in [2.05, 4.69) is 22.1 Å². The number of rotatable bonds is 4. The highest BCUT2D eigenvalue weighted by Gasteiger charge is 2.37. The maximum absolute atomic E-state index is 13.1. The first kappa shape index (κ1) is 19.5. The van der Waals surface area contributed by atoms with Crippen molar-refractivity contribution in [1.29, 1.82) is 5.26 Å². The Hall–Kier alpha value is -2.78. The Kier molecular flexibility index (Phi) is 5.86. The summed E-state index contributed by atoms with van der Waals surface area (Å²) in [5.74, 6) is 0.651. The fraction of sp³-hybridized carbons (Fsp3) is 0.478. The lowest BCUT2D eigenvalue weighted by Gasteiger charge is -2.31. The number of hydrogen-bond donors (Lipinski definition) is 0. The first-order valence-electron chi connectivity index (χ1n) is 10.4. The number of benzene rings is 1. The molecule has 0 spiro atoms. The molecule has 0 radical (unpaired) electrons. The van der Waals surface area contributed by atoms with E-state index in [4.69, 9.17) is 4.84 Å². The molecule has 2 aromatic rings. The van der Waals surface area contributed by atoms with Gasteiger partial charge in [-0.3, -0.25) is 19.6 Å². The van der Waals surface area contributed by atoms with Crippen molar-refractivity contribution in [2.75, 3.05) is 6.61 Å². The van der Waals surface area contributed by atoms with Crippen LogP contribution in [0.5, 0.6) is 0 Å². The van der Waals surface area contributed by atoms with Crippen LogP contribution in [-0.2, 0) is 16.1 Å². The highest BCUT2D eigenvalue weighted by atomic mass is 16.7. The van der Waals surface area contributed by atoms with Gasteiger partial charge in [0.2, 0.25) is 5.91 Å². The van der Waals surface area contributed by atoms with Gasteiger partial charge in [0, 0.05) is 24.7 Å². The minimum absolute atomic E-state index is 0.0104. The van der Waals surface area contributed by atoms with Gasteiger partial charge in [-0.25, -0.2) is 5.06 Å². The molecule has 6 nitrogen and oxygen atoms in total. The summed E-state index contributed by atoms with van der Waals surface area (Å²) in [4.78, 5) is 27.3. The summed E-state index contributed by atoms with van der Waals surface area (Å²) in [6.07, 6.45) is 10.6. The molecule has 0 N–H and O–H groups in total. The largest absolute Gasteiger partial charge is 0.272 e. The van der Waals surface area contributed by atoms with E-state index in [1.54, 1.807) is 23.7 Å². The van der Waals surface area contributed by atoms with Crippen LogP contribution in [0.25, 0.3) is 0 Å². The number of aromatic nitrogens is 2. The molecule has 1 amide bonds. The van der Waals surface area contributed by atoms with Crippen LogP contribution in [0.15, 0.2) is 36.8 Å². The van der Waals surface area contributed by atoms with Gasteiger partial charge in [-0.2, -0.15) is 5.26 Å². The smallest absolute Gasteiger partial charge is 0.249 e. The van der Waals surface area contributed by atoms with Gasteiger partial charge in [0.1, 0.15) is 6.04 Å². The minimum atomic E-state index is -0.133. The van der Waals surface area contributed by atoms with Crippen LogP contribution in [0.2, 0.25) is 0 Å². The SMILES string of the molecule is Cc1ccc(C[C@H]2CC[C@H](C(=O)N3OCC[C@H]3c3cnccn3)CC2)cc1C#N. The van der Waals surface area contributed by atoms with Gasteiger partial charge in [0.05, 0.1) is 30.1 Å². The summed E-state index contributed by atoms with van der Waals surface area (Å²) < 4.78 is 0. The zero-order valence-corrected chi connectivity index (χ0v) is 16.8. The zero-order valence-electron chi connectivity index (χ0n) is 16.8. The van der Waals surface area contributed by atoms with Crippen molar-refractivity contribution in [2.24, 2.45) is 11.8 Å². The summed E-state index contributed by atoms with van der Waals surface area (Å²) in [5, 5.41) is 10.8. The van der Waals surface area contributed by atoms with Gasteiger partial charge < -0.3 is 0 Å². The number of hydrogen-bond acceptors (Lipinski definition) is 5. The van der Waals surface area contributed by atoms with Crippen LogP contribution in [0, 0.1) is 30.1 Å². The molecule has 1 aliphatic carbocycles. The van der Waals surface area contributed by atoms with Gasteiger partial charge in [-0.1, -0.05) is 12.1 Å². The number of aryl methyl sites for hydroxylation is 1. The standard InChI is InChI=1S/C23H26N4O2/c1-16-2-3-18(13-20(16)14-24)12-17-4-6-19(7-5-17)23(28)27-22(8-11-29-27)21-15-25-9-10-26-21/h2-3,9-10,13,15,17,19,22H,4-8,11-12H2,1H3/t17-,19-,22-/m0/s1. The number of nitriles is 1. The lowest BCUT2D eigenvalue weighted by Crippen LogP contribution is -2.37. The number of amides is 1. The Morgan fingerprint density at radius 2 is 2.07 bits per heavy atom. The molecule has 1 saturated carbocycles. The lowest BCUT2D eigenvalue weighted by molar-refractivity contribution is -0.183. The first-order chi connectivity index (χ1) is 14.2. The highest BCUT2D eigenvalue weighted by Crippen LogP contribution is 2.36. The molecule has 4 rings (SSSR count). The normalized spacial score (nSPS) is 24.3. The summed E-state index contributed by atoms with van der Waals surface area (Å²) >= 11 is 0. The van der Waals surface area contributed by atoms with Crippen molar-refractivity contribution in [3.63, 3.8) is 0 Å². The lowest BCUT2D eigenvalue weighted by atomic mass is 9.78. The molecule has 2 fully saturated rings. The first-order valence-corrected chi connectivity index (χ1v) is 10.4. The van der Waals surface area contributed by atoms with Crippen LogP contribution in [0.4, 0.5) is 0 Å². The van der Waals surface area contributed by atoms with Crippen molar-refractivity contribution < 1.29 is 9.63 Å². The number of carbonyl (C=O) groups excluding carboxylic acids is 1.